The summed E-state index contributed by atoms with van der Waals surface area (Å²) in [6.07, 6.45) is 6.46. The van der Waals surface area contributed by atoms with Gasteiger partial charge in [-0.25, -0.2) is 4.98 Å². The maximum Gasteiger partial charge on any atom is 0.255 e. The topological polar surface area (TPSA) is 46.1 Å². The third-order valence-corrected chi connectivity index (χ3v) is 5.37. The first-order valence-corrected chi connectivity index (χ1v) is 8.57. The summed E-state index contributed by atoms with van der Waals surface area (Å²) in [6.45, 7) is 2.72. The highest BCUT2D eigenvalue weighted by molar-refractivity contribution is 7.11. The lowest BCUT2D eigenvalue weighted by Gasteiger charge is -2.26. The second-order valence-electron chi connectivity index (χ2n) is 5.67. The summed E-state index contributed by atoms with van der Waals surface area (Å²) >= 11 is 7.85. The van der Waals surface area contributed by atoms with Gasteiger partial charge in [0, 0.05) is 36.8 Å². The molecular weight excluding hydrogens is 318 g/mol. The number of nitrogens with zero attached hydrogens (tertiary/aromatic N) is 3. The predicted molar refractivity (Wildman–Crippen MR) is 88.7 cm³/mol. The summed E-state index contributed by atoms with van der Waals surface area (Å²) < 4.78 is 0. The average Bonchev–Trinajstić information content (AvgIpc) is 2.88. The Kier molecular flexibility index (Phi) is 4.45. The van der Waals surface area contributed by atoms with Crippen LogP contribution in [-0.2, 0) is 6.42 Å². The fourth-order valence-electron chi connectivity index (χ4n) is 2.97. The number of carbonyl (C=O) groups is 1. The average molecular weight is 336 g/mol. The first kappa shape index (κ1) is 15.4. The van der Waals surface area contributed by atoms with Crippen molar-refractivity contribution in [2.24, 2.45) is 0 Å². The zero-order valence-corrected chi connectivity index (χ0v) is 14.2. The first-order valence-electron chi connectivity index (χ1n) is 7.37. The number of aromatic nitrogens is 2. The summed E-state index contributed by atoms with van der Waals surface area (Å²) in [5.41, 5.74) is 1.69. The van der Waals surface area contributed by atoms with Crippen LogP contribution in [0.15, 0.2) is 18.5 Å². The third kappa shape index (κ3) is 3.01. The quantitative estimate of drug-likeness (QED) is 0.859. The van der Waals surface area contributed by atoms with Gasteiger partial charge in [0.25, 0.3) is 5.91 Å². The lowest BCUT2D eigenvalue weighted by Crippen LogP contribution is -2.32. The number of amides is 1. The molecule has 6 heteroatoms. The van der Waals surface area contributed by atoms with Crippen molar-refractivity contribution in [2.45, 2.75) is 32.1 Å². The van der Waals surface area contributed by atoms with Crippen LogP contribution < -0.4 is 0 Å². The van der Waals surface area contributed by atoms with E-state index in [2.05, 4.69) is 9.97 Å². The van der Waals surface area contributed by atoms with E-state index in [4.69, 9.17) is 11.6 Å². The zero-order valence-electron chi connectivity index (χ0n) is 12.7. The number of halogens is 1. The molecule has 3 rings (SSSR count). The van der Waals surface area contributed by atoms with Crippen molar-refractivity contribution in [1.82, 2.24) is 14.9 Å². The number of aryl methyl sites for hydroxylation is 2. The van der Waals surface area contributed by atoms with Crippen LogP contribution in [0.1, 0.15) is 44.7 Å². The van der Waals surface area contributed by atoms with Crippen molar-refractivity contribution in [3.63, 3.8) is 0 Å². The Balaban J connectivity index is 1.76. The summed E-state index contributed by atoms with van der Waals surface area (Å²) in [7, 11) is 1.83. The standard InChI is InChI=1S/C16H18ClN3OS/c1-10-19-15-11(4-3-5-14(15)22-10)9-20(2)16(21)12-6-7-18-8-13(12)17/h6-8,11H,3-5,9H2,1-2H3. The second kappa shape index (κ2) is 6.34. The predicted octanol–water partition coefficient (Wildman–Crippen LogP) is 3.69. The number of carbonyl (C=O) groups excluding carboxylic acids is 1. The van der Waals surface area contributed by atoms with Crippen LogP contribution in [0.5, 0.6) is 0 Å². The number of hydrogen-bond donors (Lipinski definition) is 0. The van der Waals surface area contributed by atoms with Gasteiger partial charge in [0.15, 0.2) is 0 Å². The lowest BCUT2D eigenvalue weighted by molar-refractivity contribution is 0.0783. The molecule has 0 saturated carbocycles. The number of thiazole rings is 1. The lowest BCUT2D eigenvalue weighted by atomic mass is 9.90. The van der Waals surface area contributed by atoms with Crippen molar-refractivity contribution in [3.8, 4) is 0 Å². The highest BCUT2D eigenvalue weighted by Gasteiger charge is 2.27. The smallest absolute Gasteiger partial charge is 0.255 e. The zero-order chi connectivity index (χ0) is 15.7. The Morgan fingerprint density at radius 2 is 2.36 bits per heavy atom. The number of pyridine rings is 1. The number of fused-ring (bicyclic) bond motifs is 1. The second-order valence-corrected chi connectivity index (χ2v) is 7.37. The Labute approximate surface area is 139 Å². The fourth-order valence-corrected chi connectivity index (χ4v) is 4.24. The van der Waals surface area contributed by atoms with Crippen LogP contribution in [0.4, 0.5) is 0 Å². The van der Waals surface area contributed by atoms with Crippen molar-refractivity contribution < 1.29 is 4.79 Å². The molecule has 2 aromatic rings. The molecule has 1 aliphatic carbocycles. The Hall–Kier alpha value is -1.46. The van der Waals surface area contributed by atoms with Gasteiger partial charge in [0.05, 0.1) is 21.3 Å². The molecule has 0 aromatic carbocycles. The monoisotopic (exact) mass is 335 g/mol. The molecule has 4 nitrogen and oxygen atoms in total. The molecule has 0 N–H and O–H groups in total. The molecule has 2 aromatic heterocycles. The molecule has 0 bridgehead atoms. The summed E-state index contributed by atoms with van der Waals surface area (Å²) in [5, 5.41) is 1.51. The maximum atomic E-state index is 12.6. The van der Waals surface area contributed by atoms with E-state index < -0.39 is 0 Å². The summed E-state index contributed by atoms with van der Waals surface area (Å²) in [6, 6.07) is 1.67. The summed E-state index contributed by atoms with van der Waals surface area (Å²) in [5.74, 6) is 0.259. The van der Waals surface area contributed by atoms with E-state index in [0.29, 0.717) is 23.0 Å². The minimum atomic E-state index is -0.0634. The molecule has 0 spiro atoms. The molecule has 1 atom stereocenters. The SMILES string of the molecule is Cc1nc2c(s1)CCCC2CN(C)C(=O)c1ccncc1Cl. The van der Waals surface area contributed by atoms with Gasteiger partial charge in [-0.2, -0.15) is 0 Å². The maximum absolute atomic E-state index is 12.6. The van der Waals surface area contributed by atoms with Crippen LogP contribution in [0.2, 0.25) is 5.02 Å². The van der Waals surface area contributed by atoms with Gasteiger partial charge in [-0.15, -0.1) is 11.3 Å². The van der Waals surface area contributed by atoms with Crippen molar-refractivity contribution in [2.75, 3.05) is 13.6 Å². The summed E-state index contributed by atoms with van der Waals surface area (Å²) in [4.78, 5) is 24.3. The molecule has 0 saturated heterocycles. The van der Waals surface area contributed by atoms with E-state index in [1.54, 1.807) is 28.5 Å². The molecular formula is C16H18ClN3OS. The Morgan fingerprint density at radius 1 is 1.55 bits per heavy atom. The van der Waals surface area contributed by atoms with Gasteiger partial charge >= 0.3 is 0 Å². The minimum Gasteiger partial charge on any atom is -0.341 e. The normalized spacial score (nSPS) is 17.1. The van der Waals surface area contributed by atoms with E-state index >= 15 is 0 Å². The van der Waals surface area contributed by atoms with Gasteiger partial charge in [-0.05, 0) is 32.3 Å². The van der Waals surface area contributed by atoms with Crippen molar-refractivity contribution in [1.29, 1.82) is 0 Å². The van der Waals surface area contributed by atoms with Crippen LogP contribution in [0.3, 0.4) is 0 Å². The highest BCUT2D eigenvalue weighted by Crippen LogP contribution is 2.35. The largest absolute Gasteiger partial charge is 0.341 e. The van der Waals surface area contributed by atoms with Gasteiger partial charge < -0.3 is 4.90 Å². The van der Waals surface area contributed by atoms with Crippen LogP contribution >= 0.6 is 22.9 Å². The first-order chi connectivity index (χ1) is 10.6. The molecule has 116 valence electrons. The van der Waals surface area contributed by atoms with Gasteiger partial charge in [-0.3, -0.25) is 9.78 Å². The van der Waals surface area contributed by atoms with E-state index in [9.17, 15) is 4.79 Å². The molecule has 1 amide bonds. The molecule has 22 heavy (non-hydrogen) atoms. The van der Waals surface area contributed by atoms with Crippen LogP contribution in [0, 0.1) is 6.92 Å². The van der Waals surface area contributed by atoms with Gasteiger partial charge in [0.2, 0.25) is 0 Å². The molecule has 0 fully saturated rings. The fraction of sp³-hybridized carbons (Fsp3) is 0.438. The number of hydrogen-bond acceptors (Lipinski definition) is 4. The van der Waals surface area contributed by atoms with Crippen LogP contribution in [0.25, 0.3) is 0 Å². The minimum absolute atomic E-state index is 0.0634. The van der Waals surface area contributed by atoms with E-state index in [-0.39, 0.29) is 5.91 Å². The van der Waals surface area contributed by atoms with Crippen molar-refractivity contribution in [3.05, 3.63) is 44.6 Å². The molecule has 0 radical (unpaired) electrons. The van der Waals surface area contributed by atoms with Crippen molar-refractivity contribution >= 4 is 28.8 Å². The molecule has 1 aliphatic rings. The Bertz CT molecular complexity index is 700. The van der Waals surface area contributed by atoms with E-state index in [0.717, 1.165) is 24.3 Å². The molecule has 1 unspecified atom stereocenters. The molecule has 2 heterocycles. The number of likely N-dealkylation sites (N-methyl/N-ethyl adjacent to an activating group) is 1. The molecule has 0 aliphatic heterocycles. The van der Waals surface area contributed by atoms with Gasteiger partial charge in [-0.1, -0.05) is 11.6 Å². The van der Waals surface area contributed by atoms with E-state index in [1.165, 1.54) is 16.8 Å². The highest BCUT2D eigenvalue weighted by atomic mass is 35.5. The van der Waals surface area contributed by atoms with Gasteiger partial charge in [0.1, 0.15) is 0 Å². The van der Waals surface area contributed by atoms with E-state index in [1.807, 2.05) is 14.0 Å². The van der Waals surface area contributed by atoms with Crippen LogP contribution in [-0.4, -0.2) is 34.4 Å². The third-order valence-electron chi connectivity index (χ3n) is 4.02. The Morgan fingerprint density at radius 3 is 3.14 bits per heavy atom. The number of rotatable bonds is 3.